The molecule has 4 heteroatoms. The number of ether oxygens (including phenoxy) is 2. The summed E-state index contributed by atoms with van der Waals surface area (Å²) in [6.07, 6.45) is 0. The van der Waals surface area contributed by atoms with Crippen LogP contribution in [-0.2, 0) is 9.53 Å². The first kappa shape index (κ1) is 11.8. The maximum atomic E-state index is 10.8. The molecule has 1 rings (SSSR count). The van der Waals surface area contributed by atoms with Crippen LogP contribution in [0.25, 0.3) is 5.76 Å². The molecule has 0 aliphatic carbocycles. The molecule has 0 radical (unpaired) electrons. The summed E-state index contributed by atoms with van der Waals surface area (Å²) in [5, 5.41) is 0. The maximum Gasteiger partial charge on any atom is 0.308 e. The molecule has 15 heavy (non-hydrogen) atoms. The van der Waals surface area contributed by atoms with Crippen molar-refractivity contribution >= 4 is 27.7 Å². The Morgan fingerprint density at radius 2 is 1.93 bits per heavy atom. The molecular formula is C11H11BrO3. The number of carbonyl (C=O) groups is 1. The average molecular weight is 271 g/mol. The lowest BCUT2D eigenvalue weighted by molar-refractivity contribution is -0.134. The van der Waals surface area contributed by atoms with Crippen LogP contribution in [0.2, 0.25) is 0 Å². The minimum Gasteiger partial charge on any atom is -0.497 e. The highest BCUT2D eigenvalue weighted by molar-refractivity contribution is 9.11. The number of methoxy groups -OCH3 is 1. The normalized spacial score (nSPS) is 11.0. The minimum atomic E-state index is -0.350. The van der Waals surface area contributed by atoms with E-state index in [1.165, 1.54) is 6.92 Å². The van der Waals surface area contributed by atoms with E-state index in [1.54, 1.807) is 24.2 Å². The summed E-state index contributed by atoms with van der Waals surface area (Å²) in [6, 6.07) is 7.23. The van der Waals surface area contributed by atoms with E-state index in [4.69, 9.17) is 9.47 Å². The van der Waals surface area contributed by atoms with E-state index < -0.39 is 0 Å². The Kier molecular flexibility index (Phi) is 4.37. The zero-order valence-corrected chi connectivity index (χ0v) is 10.1. The fraction of sp³-hybridized carbons (Fsp3) is 0.182. The van der Waals surface area contributed by atoms with Gasteiger partial charge in [-0.15, -0.1) is 0 Å². The number of esters is 1. The maximum absolute atomic E-state index is 10.8. The van der Waals surface area contributed by atoms with Gasteiger partial charge in [0.25, 0.3) is 0 Å². The second-order valence-electron chi connectivity index (χ2n) is 2.80. The van der Waals surface area contributed by atoms with Crippen LogP contribution in [0.4, 0.5) is 0 Å². The van der Waals surface area contributed by atoms with Crippen molar-refractivity contribution in [3.8, 4) is 5.75 Å². The molecule has 0 atom stereocenters. The highest BCUT2D eigenvalue weighted by atomic mass is 79.9. The Hall–Kier alpha value is -1.29. The highest BCUT2D eigenvalue weighted by Crippen LogP contribution is 2.20. The van der Waals surface area contributed by atoms with Crippen molar-refractivity contribution in [1.82, 2.24) is 0 Å². The summed E-state index contributed by atoms with van der Waals surface area (Å²) in [6.45, 7) is 1.36. The first-order chi connectivity index (χ1) is 7.17. The van der Waals surface area contributed by atoms with Crippen LogP contribution >= 0.6 is 15.9 Å². The van der Waals surface area contributed by atoms with Crippen molar-refractivity contribution < 1.29 is 14.3 Å². The highest BCUT2D eigenvalue weighted by Gasteiger charge is 2.05. The average Bonchev–Trinajstić information content (AvgIpc) is 2.26. The second kappa shape index (κ2) is 5.56. The Balaban J connectivity index is 2.89. The molecule has 0 N–H and O–H groups in total. The van der Waals surface area contributed by atoms with Gasteiger partial charge in [-0.3, -0.25) is 4.79 Å². The Morgan fingerprint density at radius 1 is 1.33 bits per heavy atom. The quantitative estimate of drug-likeness (QED) is 0.626. The zero-order chi connectivity index (χ0) is 11.3. The number of carbonyl (C=O) groups excluding carboxylic acids is 1. The van der Waals surface area contributed by atoms with Crippen molar-refractivity contribution in [2.75, 3.05) is 7.11 Å². The molecule has 0 saturated heterocycles. The van der Waals surface area contributed by atoms with Crippen LogP contribution in [0.1, 0.15) is 12.5 Å². The summed E-state index contributed by atoms with van der Waals surface area (Å²) in [5.74, 6) is 0.886. The van der Waals surface area contributed by atoms with Gasteiger partial charge in [0.1, 0.15) is 11.5 Å². The van der Waals surface area contributed by atoms with Crippen LogP contribution in [0.15, 0.2) is 29.3 Å². The molecule has 0 unspecified atom stereocenters. The minimum absolute atomic E-state index is 0.350. The second-order valence-corrected chi connectivity index (χ2v) is 3.25. The van der Waals surface area contributed by atoms with E-state index in [0.717, 1.165) is 11.3 Å². The van der Waals surface area contributed by atoms with Gasteiger partial charge in [0.05, 0.1) is 7.11 Å². The molecule has 1 aromatic rings. The smallest absolute Gasteiger partial charge is 0.308 e. The molecule has 0 aliphatic rings. The topological polar surface area (TPSA) is 35.5 Å². The number of hydrogen-bond acceptors (Lipinski definition) is 3. The lowest BCUT2D eigenvalue weighted by Gasteiger charge is -2.06. The van der Waals surface area contributed by atoms with E-state index in [2.05, 4.69) is 15.9 Å². The number of hydrogen-bond donors (Lipinski definition) is 0. The number of halogens is 1. The zero-order valence-electron chi connectivity index (χ0n) is 8.49. The van der Waals surface area contributed by atoms with Crippen LogP contribution in [0.3, 0.4) is 0 Å². The Bertz CT molecular complexity index is 368. The van der Waals surface area contributed by atoms with Gasteiger partial charge in [-0.05, 0) is 24.3 Å². The third-order valence-corrected chi connectivity index (χ3v) is 2.14. The molecule has 80 valence electrons. The van der Waals surface area contributed by atoms with E-state index in [-0.39, 0.29) is 5.97 Å². The first-order valence-corrected chi connectivity index (χ1v) is 5.22. The van der Waals surface area contributed by atoms with Crippen molar-refractivity contribution in [2.45, 2.75) is 6.92 Å². The summed E-state index contributed by atoms with van der Waals surface area (Å²) in [4.78, 5) is 12.4. The fourth-order valence-corrected chi connectivity index (χ4v) is 1.41. The number of rotatable bonds is 3. The van der Waals surface area contributed by atoms with Crippen molar-refractivity contribution in [3.05, 3.63) is 34.8 Å². The molecule has 0 bridgehead atoms. The largest absolute Gasteiger partial charge is 0.497 e. The van der Waals surface area contributed by atoms with Gasteiger partial charge < -0.3 is 9.47 Å². The fourth-order valence-electron chi connectivity index (χ4n) is 1.05. The standard InChI is InChI=1S/C11H11BrO3/c1-8(13)15-11(7-12)9-3-5-10(14-2)6-4-9/h3-7H,1-2H3/b11-7-. The van der Waals surface area contributed by atoms with Gasteiger partial charge in [-0.2, -0.15) is 0 Å². The van der Waals surface area contributed by atoms with Gasteiger partial charge in [-0.25, -0.2) is 0 Å². The Morgan fingerprint density at radius 3 is 2.33 bits per heavy atom. The molecule has 0 heterocycles. The molecule has 0 amide bonds. The van der Waals surface area contributed by atoms with Crippen LogP contribution in [0.5, 0.6) is 5.75 Å². The SMILES string of the molecule is COc1ccc(/C(=C/Br)OC(C)=O)cc1. The third kappa shape index (κ3) is 3.40. The van der Waals surface area contributed by atoms with Crippen LogP contribution < -0.4 is 4.74 Å². The lowest BCUT2D eigenvalue weighted by Crippen LogP contribution is -1.97. The summed E-state index contributed by atoms with van der Waals surface area (Å²) in [7, 11) is 1.60. The van der Waals surface area contributed by atoms with E-state index in [1.807, 2.05) is 12.1 Å². The first-order valence-electron chi connectivity index (χ1n) is 4.30. The third-order valence-electron chi connectivity index (χ3n) is 1.73. The lowest BCUT2D eigenvalue weighted by atomic mass is 10.2. The Labute approximate surface area is 96.8 Å². The summed E-state index contributed by atoms with van der Waals surface area (Å²) >= 11 is 3.15. The molecule has 0 fully saturated rings. The molecule has 0 aliphatic heterocycles. The van der Waals surface area contributed by atoms with Gasteiger partial charge >= 0.3 is 5.97 Å². The molecule has 3 nitrogen and oxygen atoms in total. The van der Waals surface area contributed by atoms with E-state index in [0.29, 0.717) is 5.76 Å². The summed E-state index contributed by atoms with van der Waals surface area (Å²) < 4.78 is 10.0. The van der Waals surface area contributed by atoms with Gasteiger partial charge in [0.15, 0.2) is 0 Å². The van der Waals surface area contributed by atoms with Gasteiger partial charge in [0.2, 0.25) is 0 Å². The van der Waals surface area contributed by atoms with Crippen LogP contribution in [-0.4, -0.2) is 13.1 Å². The van der Waals surface area contributed by atoms with Gasteiger partial charge in [0, 0.05) is 17.5 Å². The summed E-state index contributed by atoms with van der Waals surface area (Å²) in [5.41, 5.74) is 0.808. The van der Waals surface area contributed by atoms with E-state index >= 15 is 0 Å². The monoisotopic (exact) mass is 270 g/mol. The van der Waals surface area contributed by atoms with Gasteiger partial charge in [-0.1, -0.05) is 15.9 Å². The van der Waals surface area contributed by atoms with Crippen molar-refractivity contribution in [3.63, 3.8) is 0 Å². The predicted octanol–water partition coefficient (Wildman–Crippen LogP) is 2.95. The molecule has 0 saturated carbocycles. The molecule has 0 spiro atoms. The molecule has 1 aromatic carbocycles. The predicted molar refractivity (Wildman–Crippen MR) is 61.7 cm³/mol. The van der Waals surface area contributed by atoms with E-state index in [9.17, 15) is 4.79 Å². The molecular weight excluding hydrogens is 260 g/mol. The van der Waals surface area contributed by atoms with Crippen molar-refractivity contribution in [1.29, 1.82) is 0 Å². The molecule has 0 aromatic heterocycles. The van der Waals surface area contributed by atoms with Crippen LogP contribution in [0, 0.1) is 0 Å². The number of benzene rings is 1. The van der Waals surface area contributed by atoms with Crippen molar-refractivity contribution in [2.24, 2.45) is 0 Å².